The molecule has 0 unspecified atom stereocenters. The van der Waals surface area contributed by atoms with Gasteiger partial charge in [-0.15, -0.1) is 0 Å². The topological polar surface area (TPSA) is 52.6 Å². The molecule has 0 spiro atoms. The third kappa shape index (κ3) is 4.27. The lowest BCUT2D eigenvalue weighted by molar-refractivity contribution is 0.217. The highest BCUT2D eigenvalue weighted by Crippen LogP contribution is 2.15. The van der Waals surface area contributed by atoms with Crippen LogP contribution in [0.4, 0.5) is 14.9 Å². The number of anilines is 1. The predicted octanol–water partition coefficient (Wildman–Crippen LogP) is 2.04. The normalized spacial score (nSPS) is 9.47. The molecule has 4 nitrogen and oxygen atoms in total. The van der Waals surface area contributed by atoms with Crippen LogP contribution in [0.15, 0.2) is 18.2 Å². The monoisotopic (exact) mass is 264 g/mol. The molecule has 0 atom stereocenters. The second-order valence-corrected chi connectivity index (χ2v) is 3.76. The SMILES string of the molecule is CCN(CC)C(=O)Nc1ccc(C#CCO)cc1F. The Morgan fingerprint density at radius 1 is 1.42 bits per heavy atom. The van der Waals surface area contributed by atoms with Crippen LogP contribution in [0, 0.1) is 17.7 Å². The van der Waals surface area contributed by atoms with Crippen molar-refractivity contribution in [3.8, 4) is 11.8 Å². The minimum absolute atomic E-state index is 0.117. The number of hydrogen-bond donors (Lipinski definition) is 2. The molecule has 1 aromatic carbocycles. The van der Waals surface area contributed by atoms with Crippen LogP contribution in [0.25, 0.3) is 0 Å². The number of aliphatic hydroxyl groups is 1. The molecule has 1 aromatic rings. The van der Waals surface area contributed by atoms with E-state index in [9.17, 15) is 9.18 Å². The first-order valence-corrected chi connectivity index (χ1v) is 6.07. The van der Waals surface area contributed by atoms with Crippen molar-refractivity contribution in [2.75, 3.05) is 25.0 Å². The number of nitrogens with zero attached hydrogens (tertiary/aromatic N) is 1. The number of halogens is 1. The first-order chi connectivity index (χ1) is 9.12. The Kier molecular flexibility index (Phi) is 5.83. The van der Waals surface area contributed by atoms with Gasteiger partial charge in [-0.3, -0.25) is 0 Å². The molecule has 0 fully saturated rings. The molecule has 0 bridgehead atoms. The van der Waals surface area contributed by atoms with Crippen molar-refractivity contribution in [1.82, 2.24) is 4.90 Å². The molecule has 2 N–H and O–H groups in total. The summed E-state index contributed by atoms with van der Waals surface area (Å²) in [6.07, 6.45) is 0. The third-order valence-electron chi connectivity index (χ3n) is 2.57. The lowest BCUT2D eigenvalue weighted by atomic mass is 10.2. The molecule has 2 amide bonds. The van der Waals surface area contributed by atoms with Gasteiger partial charge >= 0.3 is 6.03 Å². The molecule has 0 aromatic heterocycles. The second kappa shape index (κ2) is 7.39. The molecule has 0 radical (unpaired) electrons. The largest absolute Gasteiger partial charge is 0.384 e. The van der Waals surface area contributed by atoms with E-state index in [0.717, 1.165) is 0 Å². The fourth-order valence-corrected chi connectivity index (χ4v) is 1.54. The number of carbonyl (C=O) groups excluding carboxylic acids is 1. The quantitative estimate of drug-likeness (QED) is 0.821. The average molecular weight is 264 g/mol. The van der Waals surface area contributed by atoms with Crippen LogP contribution < -0.4 is 5.32 Å². The van der Waals surface area contributed by atoms with Crippen molar-refractivity contribution >= 4 is 11.7 Å². The standard InChI is InChI=1S/C14H17FN2O2/c1-3-17(4-2)14(19)16-13-8-7-11(6-5-9-18)10-12(13)15/h7-8,10,18H,3-4,9H2,1-2H3,(H,16,19). The van der Waals surface area contributed by atoms with Crippen molar-refractivity contribution in [3.63, 3.8) is 0 Å². The summed E-state index contributed by atoms with van der Waals surface area (Å²) in [5.74, 6) is 4.48. The van der Waals surface area contributed by atoms with Gasteiger partial charge in [0.2, 0.25) is 0 Å². The van der Waals surface area contributed by atoms with Crippen LogP contribution in [-0.4, -0.2) is 35.7 Å². The number of hydrogen-bond acceptors (Lipinski definition) is 2. The molecule has 0 saturated carbocycles. The lowest BCUT2D eigenvalue weighted by Crippen LogP contribution is -2.34. The summed E-state index contributed by atoms with van der Waals surface area (Å²) >= 11 is 0. The number of amides is 2. The highest BCUT2D eigenvalue weighted by Gasteiger charge is 2.11. The zero-order valence-electron chi connectivity index (χ0n) is 11.0. The maximum atomic E-state index is 13.7. The first kappa shape index (κ1) is 15.0. The molecule has 0 aliphatic rings. The van der Waals surface area contributed by atoms with Gasteiger partial charge in [0.05, 0.1) is 5.69 Å². The first-order valence-electron chi connectivity index (χ1n) is 6.07. The summed E-state index contributed by atoms with van der Waals surface area (Å²) in [5.41, 5.74) is 0.568. The van der Waals surface area contributed by atoms with Crippen molar-refractivity contribution in [2.45, 2.75) is 13.8 Å². The highest BCUT2D eigenvalue weighted by atomic mass is 19.1. The Labute approximate surface area is 112 Å². The summed E-state index contributed by atoms with van der Waals surface area (Å²) < 4.78 is 13.7. The Bertz CT molecular complexity index is 502. The van der Waals surface area contributed by atoms with Crippen LogP contribution in [0.2, 0.25) is 0 Å². The Hall–Kier alpha value is -2.06. The summed E-state index contributed by atoms with van der Waals surface area (Å²) in [5, 5.41) is 11.1. The number of carbonyl (C=O) groups is 1. The van der Waals surface area contributed by atoms with E-state index in [2.05, 4.69) is 17.2 Å². The fraction of sp³-hybridized carbons (Fsp3) is 0.357. The summed E-state index contributed by atoms with van der Waals surface area (Å²) in [6.45, 7) is 4.55. The lowest BCUT2D eigenvalue weighted by Gasteiger charge is -2.19. The van der Waals surface area contributed by atoms with Crippen LogP contribution in [-0.2, 0) is 0 Å². The van der Waals surface area contributed by atoms with E-state index in [-0.39, 0.29) is 18.3 Å². The maximum Gasteiger partial charge on any atom is 0.321 e. The van der Waals surface area contributed by atoms with Crippen molar-refractivity contribution in [3.05, 3.63) is 29.6 Å². The van der Waals surface area contributed by atoms with E-state index in [0.29, 0.717) is 18.7 Å². The summed E-state index contributed by atoms with van der Waals surface area (Å²) in [6, 6.07) is 3.93. The number of aliphatic hydroxyl groups excluding tert-OH is 1. The second-order valence-electron chi connectivity index (χ2n) is 3.76. The molecule has 0 saturated heterocycles. The van der Waals surface area contributed by atoms with E-state index in [1.165, 1.54) is 12.1 Å². The molecule has 102 valence electrons. The van der Waals surface area contributed by atoms with Crippen LogP contribution in [0.5, 0.6) is 0 Å². The van der Waals surface area contributed by atoms with Gasteiger partial charge in [-0.2, -0.15) is 0 Å². The molecule has 1 rings (SSSR count). The van der Waals surface area contributed by atoms with Crippen molar-refractivity contribution in [1.29, 1.82) is 0 Å². The van der Waals surface area contributed by atoms with E-state index in [1.807, 2.05) is 13.8 Å². The van der Waals surface area contributed by atoms with Gasteiger partial charge in [0, 0.05) is 18.7 Å². The number of urea groups is 1. The number of benzene rings is 1. The van der Waals surface area contributed by atoms with Crippen molar-refractivity contribution in [2.24, 2.45) is 0 Å². The van der Waals surface area contributed by atoms with Gasteiger partial charge in [-0.25, -0.2) is 9.18 Å². The molecule has 0 heterocycles. The molecule has 19 heavy (non-hydrogen) atoms. The van der Waals surface area contributed by atoms with Crippen LogP contribution >= 0.6 is 0 Å². The Morgan fingerprint density at radius 2 is 2.11 bits per heavy atom. The zero-order chi connectivity index (χ0) is 14.3. The molecular weight excluding hydrogens is 247 g/mol. The highest BCUT2D eigenvalue weighted by molar-refractivity contribution is 5.89. The molecular formula is C14H17FN2O2. The van der Waals surface area contributed by atoms with Gasteiger partial charge in [0.15, 0.2) is 0 Å². The average Bonchev–Trinajstić information content (AvgIpc) is 2.40. The van der Waals surface area contributed by atoms with Crippen molar-refractivity contribution < 1.29 is 14.3 Å². The molecule has 5 heteroatoms. The van der Waals surface area contributed by atoms with Gasteiger partial charge < -0.3 is 15.3 Å². The minimum atomic E-state index is -0.551. The third-order valence-corrected chi connectivity index (χ3v) is 2.57. The van der Waals surface area contributed by atoms with E-state index < -0.39 is 5.82 Å². The van der Waals surface area contributed by atoms with Crippen LogP contribution in [0.1, 0.15) is 19.4 Å². The summed E-state index contributed by atoms with van der Waals surface area (Å²) in [4.78, 5) is 13.3. The van der Waals surface area contributed by atoms with Gasteiger partial charge in [-0.05, 0) is 32.0 Å². The van der Waals surface area contributed by atoms with Gasteiger partial charge in [-0.1, -0.05) is 11.8 Å². The predicted molar refractivity (Wildman–Crippen MR) is 72.3 cm³/mol. The fourth-order valence-electron chi connectivity index (χ4n) is 1.54. The van der Waals surface area contributed by atoms with E-state index >= 15 is 0 Å². The maximum absolute atomic E-state index is 13.7. The van der Waals surface area contributed by atoms with Crippen LogP contribution in [0.3, 0.4) is 0 Å². The molecule has 0 aliphatic heterocycles. The zero-order valence-corrected chi connectivity index (χ0v) is 11.0. The molecule has 0 aliphatic carbocycles. The Morgan fingerprint density at radius 3 is 2.63 bits per heavy atom. The van der Waals surface area contributed by atoms with E-state index in [1.54, 1.807) is 11.0 Å². The Balaban J connectivity index is 2.83. The van der Waals surface area contributed by atoms with Gasteiger partial charge in [0.25, 0.3) is 0 Å². The number of nitrogens with one attached hydrogen (secondary N) is 1. The minimum Gasteiger partial charge on any atom is -0.384 e. The van der Waals surface area contributed by atoms with Gasteiger partial charge in [0.1, 0.15) is 12.4 Å². The number of rotatable bonds is 3. The van der Waals surface area contributed by atoms with E-state index in [4.69, 9.17) is 5.11 Å². The smallest absolute Gasteiger partial charge is 0.321 e. The summed E-state index contributed by atoms with van der Waals surface area (Å²) in [7, 11) is 0.